The first-order valence-corrected chi connectivity index (χ1v) is 10.5. The Bertz CT molecular complexity index is 959. The van der Waals surface area contributed by atoms with Gasteiger partial charge in [-0.15, -0.1) is 11.3 Å². The first-order valence-electron chi connectivity index (χ1n) is 8.60. The van der Waals surface area contributed by atoms with Crippen molar-refractivity contribution in [2.45, 2.75) is 31.3 Å². The quantitative estimate of drug-likeness (QED) is 0.429. The lowest BCUT2D eigenvalue weighted by molar-refractivity contribution is -0.113. The molecule has 0 radical (unpaired) electrons. The molecule has 2 heterocycles. The number of thioether (sulfide) groups is 1. The van der Waals surface area contributed by atoms with E-state index in [4.69, 9.17) is 11.5 Å². The summed E-state index contributed by atoms with van der Waals surface area (Å²) in [5, 5.41) is 5.64. The number of nitrogen functional groups attached to an aromatic ring is 2. The molecule has 1 aromatic carbocycles. The molecule has 3 aromatic rings. The van der Waals surface area contributed by atoms with Gasteiger partial charge in [0.2, 0.25) is 5.91 Å². The molecule has 0 unspecified atom stereocenters. The zero-order chi connectivity index (χ0) is 20.3. The molecule has 0 saturated heterocycles. The lowest BCUT2D eigenvalue weighted by atomic mass is 9.86. The topological polar surface area (TPSA) is 120 Å². The van der Waals surface area contributed by atoms with Crippen LogP contribution in [0.15, 0.2) is 40.9 Å². The van der Waals surface area contributed by atoms with E-state index in [0.29, 0.717) is 10.3 Å². The number of aromatic nitrogens is 3. The molecule has 146 valence electrons. The number of amides is 1. The molecule has 9 heteroatoms. The van der Waals surface area contributed by atoms with Gasteiger partial charge in [0.15, 0.2) is 10.3 Å². The molecule has 0 fully saturated rings. The summed E-state index contributed by atoms with van der Waals surface area (Å²) in [5.74, 6) is 0.492. The van der Waals surface area contributed by atoms with Crippen LogP contribution in [0.4, 0.5) is 16.8 Å². The maximum Gasteiger partial charge on any atom is 0.236 e. The zero-order valence-corrected chi connectivity index (χ0v) is 17.5. The second-order valence-electron chi connectivity index (χ2n) is 7.20. The van der Waals surface area contributed by atoms with E-state index in [1.165, 1.54) is 34.7 Å². The van der Waals surface area contributed by atoms with E-state index in [9.17, 15) is 4.79 Å². The zero-order valence-electron chi connectivity index (χ0n) is 15.9. The van der Waals surface area contributed by atoms with Crippen LogP contribution < -0.4 is 16.8 Å². The first kappa shape index (κ1) is 20.1. The van der Waals surface area contributed by atoms with Gasteiger partial charge in [0.1, 0.15) is 11.6 Å². The number of anilines is 3. The number of carbonyl (C=O) groups is 1. The highest BCUT2D eigenvalue weighted by molar-refractivity contribution is 7.99. The Kier molecular flexibility index (Phi) is 5.85. The van der Waals surface area contributed by atoms with Crippen LogP contribution in [0, 0.1) is 0 Å². The van der Waals surface area contributed by atoms with E-state index in [1.807, 2.05) is 5.38 Å². The molecule has 1 amide bonds. The molecule has 0 atom stereocenters. The van der Waals surface area contributed by atoms with Crippen LogP contribution in [0.5, 0.6) is 0 Å². The predicted molar refractivity (Wildman–Crippen MR) is 116 cm³/mol. The number of nitrogens with two attached hydrogens (primary N) is 2. The van der Waals surface area contributed by atoms with Crippen molar-refractivity contribution >= 4 is 45.8 Å². The maximum absolute atomic E-state index is 12.2. The van der Waals surface area contributed by atoms with Crippen molar-refractivity contribution in [2.75, 3.05) is 22.5 Å². The number of nitrogens with zero attached hydrogens (tertiary/aromatic N) is 3. The molecule has 0 aliphatic rings. The van der Waals surface area contributed by atoms with Gasteiger partial charge in [-0.25, -0.2) is 15.0 Å². The second kappa shape index (κ2) is 8.15. The molecule has 0 aliphatic heterocycles. The molecule has 28 heavy (non-hydrogen) atoms. The minimum Gasteiger partial charge on any atom is -0.383 e. The molecule has 2 aromatic heterocycles. The van der Waals surface area contributed by atoms with Gasteiger partial charge in [0.25, 0.3) is 0 Å². The summed E-state index contributed by atoms with van der Waals surface area (Å²) < 4.78 is 0. The highest BCUT2D eigenvalue weighted by Gasteiger charge is 2.14. The van der Waals surface area contributed by atoms with Gasteiger partial charge in [-0.1, -0.05) is 56.8 Å². The largest absolute Gasteiger partial charge is 0.383 e. The molecule has 0 aliphatic carbocycles. The highest BCUT2D eigenvalue weighted by Crippen LogP contribution is 2.28. The van der Waals surface area contributed by atoms with Gasteiger partial charge in [0.05, 0.1) is 11.4 Å². The molecule has 7 nitrogen and oxygen atoms in total. The average Bonchev–Trinajstić information content (AvgIpc) is 3.07. The Morgan fingerprint density at radius 3 is 2.36 bits per heavy atom. The second-order valence-corrected chi connectivity index (χ2v) is 9.00. The Morgan fingerprint density at radius 2 is 1.75 bits per heavy atom. The molecule has 3 rings (SSSR count). The van der Waals surface area contributed by atoms with E-state index in [2.05, 4.69) is 65.3 Å². The van der Waals surface area contributed by atoms with E-state index >= 15 is 0 Å². The van der Waals surface area contributed by atoms with E-state index < -0.39 is 0 Å². The van der Waals surface area contributed by atoms with Crippen LogP contribution in [0.1, 0.15) is 26.3 Å². The van der Waals surface area contributed by atoms with Crippen molar-refractivity contribution in [1.82, 2.24) is 15.0 Å². The number of hydrogen-bond acceptors (Lipinski definition) is 8. The van der Waals surface area contributed by atoms with Crippen molar-refractivity contribution in [3.63, 3.8) is 0 Å². The Morgan fingerprint density at radius 1 is 1.11 bits per heavy atom. The molecule has 0 bridgehead atoms. The average molecular weight is 415 g/mol. The Balaban J connectivity index is 1.60. The molecular weight excluding hydrogens is 392 g/mol. The van der Waals surface area contributed by atoms with E-state index in [-0.39, 0.29) is 28.7 Å². The van der Waals surface area contributed by atoms with Crippen LogP contribution in [0.25, 0.3) is 11.3 Å². The molecule has 0 spiro atoms. The maximum atomic E-state index is 12.2. The normalized spacial score (nSPS) is 11.4. The van der Waals surface area contributed by atoms with E-state index in [0.717, 1.165) is 11.3 Å². The summed E-state index contributed by atoms with van der Waals surface area (Å²) in [6, 6.07) is 9.80. The summed E-state index contributed by atoms with van der Waals surface area (Å²) >= 11 is 2.55. The Labute approximate surface area is 172 Å². The number of rotatable bonds is 5. The van der Waals surface area contributed by atoms with Gasteiger partial charge in [0, 0.05) is 17.0 Å². The molecule has 5 N–H and O–H groups in total. The van der Waals surface area contributed by atoms with Gasteiger partial charge in [-0.05, 0) is 11.0 Å². The molecule has 0 saturated carbocycles. The number of carbonyl (C=O) groups excluding carboxylic acids is 1. The summed E-state index contributed by atoms with van der Waals surface area (Å²) in [6.45, 7) is 6.54. The van der Waals surface area contributed by atoms with Crippen molar-refractivity contribution in [3.05, 3.63) is 41.3 Å². The minimum atomic E-state index is -0.196. The van der Waals surface area contributed by atoms with Crippen molar-refractivity contribution in [1.29, 1.82) is 0 Å². The molecular formula is C19H22N6OS2. The number of nitrogens with one attached hydrogen (secondary N) is 1. The van der Waals surface area contributed by atoms with Crippen molar-refractivity contribution in [3.8, 4) is 11.3 Å². The summed E-state index contributed by atoms with van der Waals surface area (Å²) in [5.41, 5.74) is 14.5. The fraction of sp³-hybridized carbons (Fsp3) is 0.263. The predicted octanol–water partition coefficient (Wildman–Crippen LogP) is 3.79. The van der Waals surface area contributed by atoms with Gasteiger partial charge < -0.3 is 16.8 Å². The number of benzene rings is 1. The van der Waals surface area contributed by atoms with Crippen molar-refractivity contribution in [2.24, 2.45) is 0 Å². The Hall–Kier alpha value is -2.65. The fourth-order valence-electron chi connectivity index (χ4n) is 2.42. The standard InChI is InChI=1S/C19H22N6OS2/c1-19(2,3)12-6-4-11(5-7-12)13-9-27-17(22-13)25-16(26)10-28-18-23-14(20)8-15(21)24-18/h4-9H,10H2,1-3H3,(H,22,25,26)(H4,20,21,23,24). The third-order valence-electron chi connectivity index (χ3n) is 3.87. The van der Waals surface area contributed by atoms with Crippen LogP contribution in [-0.4, -0.2) is 26.6 Å². The van der Waals surface area contributed by atoms with Gasteiger partial charge in [-0.3, -0.25) is 4.79 Å². The third kappa shape index (κ3) is 5.20. The van der Waals surface area contributed by atoms with Crippen LogP contribution in [0.3, 0.4) is 0 Å². The number of thiazole rings is 1. The summed E-state index contributed by atoms with van der Waals surface area (Å²) in [4.78, 5) is 24.7. The van der Waals surface area contributed by atoms with Gasteiger partial charge in [-0.2, -0.15) is 0 Å². The summed E-state index contributed by atoms with van der Waals surface area (Å²) in [6.07, 6.45) is 0. The van der Waals surface area contributed by atoms with Gasteiger partial charge >= 0.3 is 0 Å². The van der Waals surface area contributed by atoms with Crippen molar-refractivity contribution < 1.29 is 4.79 Å². The van der Waals surface area contributed by atoms with Crippen LogP contribution >= 0.6 is 23.1 Å². The summed E-state index contributed by atoms with van der Waals surface area (Å²) in [7, 11) is 0. The SMILES string of the molecule is CC(C)(C)c1ccc(-c2csc(NC(=O)CSc3nc(N)cc(N)n3)n2)cc1. The first-order chi connectivity index (χ1) is 13.2. The highest BCUT2D eigenvalue weighted by atomic mass is 32.2. The number of hydrogen-bond donors (Lipinski definition) is 3. The monoisotopic (exact) mass is 414 g/mol. The van der Waals surface area contributed by atoms with E-state index in [1.54, 1.807) is 0 Å². The smallest absolute Gasteiger partial charge is 0.236 e. The minimum absolute atomic E-state index is 0.106. The van der Waals surface area contributed by atoms with Crippen LogP contribution in [-0.2, 0) is 10.2 Å². The van der Waals surface area contributed by atoms with Crippen LogP contribution in [0.2, 0.25) is 0 Å². The third-order valence-corrected chi connectivity index (χ3v) is 5.48. The fourth-order valence-corrected chi connectivity index (χ4v) is 3.82. The lowest BCUT2D eigenvalue weighted by Crippen LogP contribution is -2.14. The lowest BCUT2D eigenvalue weighted by Gasteiger charge is -2.18.